The molecular weight excluding hydrogens is 166 g/mol. The van der Waals surface area contributed by atoms with Gasteiger partial charge in [0.1, 0.15) is 0 Å². The van der Waals surface area contributed by atoms with Crippen molar-refractivity contribution in [1.82, 2.24) is 0 Å². The maximum atomic E-state index is 5.96. The Morgan fingerprint density at radius 2 is 2.08 bits per heavy atom. The molecule has 78 valence electrons. The molecule has 0 saturated heterocycles. The van der Waals surface area contributed by atoms with Crippen molar-refractivity contribution in [3.05, 3.63) is 0 Å². The third-order valence-electron chi connectivity index (χ3n) is 2.56. The second-order valence-corrected chi connectivity index (χ2v) is 3.89. The van der Waals surface area contributed by atoms with Crippen LogP contribution in [-0.2, 0) is 9.47 Å². The first-order chi connectivity index (χ1) is 6.24. The Bertz CT molecular complexity index is 141. The van der Waals surface area contributed by atoms with Crippen LogP contribution < -0.4 is 5.73 Å². The van der Waals surface area contributed by atoms with Crippen LogP contribution in [0.2, 0.25) is 0 Å². The van der Waals surface area contributed by atoms with Crippen molar-refractivity contribution < 1.29 is 9.47 Å². The van der Waals surface area contributed by atoms with Crippen LogP contribution in [0.15, 0.2) is 0 Å². The number of hydrogen-bond acceptors (Lipinski definition) is 3. The lowest BCUT2D eigenvalue weighted by Gasteiger charge is -2.30. The van der Waals surface area contributed by atoms with Crippen LogP contribution in [-0.4, -0.2) is 32.0 Å². The molecule has 0 aliphatic heterocycles. The van der Waals surface area contributed by atoms with Crippen molar-refractivity contribution in [2.45, 2.75) is 50.9 Å². The molecule has 0 aromatic rings. The van der Waals surface area contributed by atoms with Crippen molar-refractivity contribution in [3.63, 3.8) is 0 Å². The number of methoxy groups -OCH3 is 1. The summed E-state index contributed by atoms with van der Waals surface area (Å²) >= 11 is 0. The Labute approximate surface area is 80.6 Å². The molecule has 1 aliphatic carbocycles. The average Bonchev–Trinajstić information content (AvgIpc) is 2.09. The fourth-order valence-electron chi connectivity index (χ4n) is 1.87. The minimum absolute atomic E-state index is 0.166. The van der Waals surface area contributed by atoms with Gasteiger partial charge in [0.05, 0.1) is 18.8 Å². The highest BCUT2D eigenvalue weighted by Crippen LogP contribution is 2.20. The van der Waals surface area contributed by atoms with Crippen molar-refractivity contribution in [3.8, 4) is 0 Å². The fraction of sp³-hybridized carbons (Fsp3) is 1.00. The maximum absolute atomic E-state index is 5.96. The lowest BCUT2D eigenvalue weighted by Crippen LogP contribution is -2.41. The van der Waals surface area contributed by atoms with Gasteiger partial charge in [-0.05, 0) is 19.8 Å². The molecule has 2 N–H and O–H groups in total. The van der Waals surface area contributed by atoms with Gasteiger partial charge in [-0.1, -0.05) is 12.8 Å². The van der Waals surface area contributed by atoms with E-state index in [1.54, 1.807) is 7.11 Å². The van der Waals surface area contributed by atoms with E-state index in [1.807, 2.05) is 6.92 Å². The van der Waals surface area contributed by atoms with Gasteiger partial charge < -0.3 is 15.2 Å². The minimum Gasteiger partial charge on any atom is -0.382 e. The predicted molar refractivity (Wildman–Crippen MR) is 52.7 cm³/mol. The quantitative estimate of drug-likeness (QED) is 0.721. The molecule has 3 atom stereocenters. The highest BCUT2D eigenvalue weighted by molar-refractivity contribution is 4.79. The Morgan fingerprint density at radius 1 is 1.38 bits per heavy atom. The predicted octanol–water partition coefficient (Wildman–Crippen LogP) is 1.31. The van der Waals surface area contributed by atoms with E-state index in [2.05, 4.69) is 0 Å². The molecule has 0 aromatic heterocycles. The van der Waals surface area contributed by atoms with Gasteiger partial charge in [-0.3, -0.25) is 0 Å². The van der Waals surface area contributed by atoms with Crippen LogP contribution in [0.4, 0.5) is 0 Å². The zero-order valence-corrected chi connectivity index (χ0v) is 8.66. The van der Waals surface area contributed by atoms with Crippen molar-refractivity contribution in [2.75, 3.05) is 13.7 Å². The summed E-state index contributed by atoms with van der Waals surface area (Å²) in [5.74, 6) is 0. The number of rotatable bonds is 4. The van der Waals surface area contributed by atoms with Gasteiger partial charge >= 0.3 is 0 Å². The van der Waals surface area contributed by atoms with Gasteiger partial charge in [0.25, 0.3) is 0 Å². The van der Waals surface area contributed by atoms with Gasteiger partial charge in [0.15, 0.2) is 0 Å². The molecule has 1 rings (SSSR count). The molecule has 0 bridgehead atoms. The summed E-state index contributed by atoms with van der Waals surface area (Å²) in [7, 11) is 1.70. The second kappa shape index (κ2) is 5.58. The lowest BCUT2D eigenvalue weighted by atomic mass is 9.93. The minimum atomic E-state index is 0.166. The highest BCUT2D eigenvalue weighted by atomic mass is 16.5. The van der Waals surface area contributed by atoms with Crippen LogP contribution >= 0.6 is 0 Å². The topological polar surface area (TPSA) is 44.5 Å². The summed E-state index contributed by atoms with van der Waals surface area (Å²) in [6, 6.07) is 0.230. The Hall–Kier alpha value is -0.120. The van der Waals surface area contributed by atoms with E-state index < -0.39 is 0 Å². The van der Waals surface area contributed by atoms with Crippen LogP contribution in [0.5, 0.6) is 0 Å². The number of hydrogen-bond donors (Lipinski definition) is 1. The van der Waals surface area contributed by atoms with Crippen LogP contribution in [0.25, 0.3) is 0 Å². The summed E-state index contributed by atoms with van der Waals surface area (Å²) in [5.41, 5.74) is 5.96. The largest absolute Gasteiger partial charge is 0.382 e. The molecule has 13 heavy (non-hydrogen) atoms. The lowest BCUT2D eigenvalue weighted by molar-refractivity contribution is -0.0595. The molecule has 3 heteroatoms. The molecule has 0 aromatic carbocycles. The van der Waals surface area contributed by atoms with Gasteiger partial charge in [0.2, 0.25) is 0 Å². The molecule has 0 spiro atoms. The molecule has 1 fully saturated rings. The van der Waals surface area contributed by atoms with Gasteiger partial charge in [-0.25, -0.2) is 0 Å². The van der Waals surface area contributed by atoms with Gasteiger partial charge in [-0.2, -0.15) is 0 Å². The Balaban J connectivity index is 2.25. The fourth-order valence-corrected chi connectivity index (χ4v) is 1.87. The van der Waals surface area contributed by atoms with Crippen LogP contribution in [0.3, 0.4) is 0 Å². The Morgan fingerprint density at radius 3 is 2.69 bits per heavy atom. The summed E-state index contributed by atoms with van der Waals surface area (Å²) in [4.78, 5) is 0. The molecule has 3 unspecified atom stereocenters. The summed E-state index contributed by atoms with van der Waals surface area (Å²) < 4.78 is 10.8. The van der Waals surface area contributed by atoms with Gasteiger partial charge in [-0.15, -0.1) is 0 Å². The first-order valence-corrected chi connectivity index (χ1v) is 5.14. The first-order valence-electron chi connectivity index (χ1n) is 5.14. The van der Waals surface area contributed by atoms with Gasteiger partial charge in [0, 0.05) is 13.2 Å². The highest BCUT2D eigenvalue weighted by Gasteiger charge is 2.23. The number of nitrogens with two attached hydrogens (primary N) is 1. The molecule has 1 aliphatic rings. The van der Waals surface area contributed by atoms with E-state index in [1.165, 1.54) is 12.8 Å². The van der Waals surface area contributed by atoms with E-state index >= 15 is 0 Å². The average molecular weight is 187 g/mol. The second-order valence-electron chi connectivity index (χ2n) is 3.89. The standard InChI is InChI=1S/C10H21NO2/c1-8(7-12-2)13-10-6-4-3-5-9(10)11/h8-10H,3-7,11H2,1-2H3. The van der Waals surface area contributed by atoms with E-state index in [4.69, 9.17) is 15.2 Å². The third kappa shape index (κ3) is 3.63. The van der Waals surface area contributed by atoms with E-state index in [-0.39, 0.29) is 18.2 Å². The van der Waals surface area contributed by atoms with Crippen LogP contribution in [0, 0.1) is 0 Å². The van der Waals surface area contributed by atoms with Crippen molar-refractivity contribution in [2.24, 2.45) is 5.73 Å². The smallest absolute Gasteiger partial charge is 0.0784 e. The van der Waals surface area contributed by atoms with Crippen molar-refractivity contribution in [1.29, 1.82) is 0 Å². The van der Waals surface area contributed by atoms with Crippen molar-refractivity contribution >= 4 is 0 Å². The summed E-state index contributed by atoms with van der Waals surface area (Å²) in [6.45, 7) is 2.69. The summed E-state index contributed by atoms with van der Waals surface area (Å²) in [5, 5.41) is 0. The third-order valence-corrected chi connectivity index (χ3v) is 2.56. The molecule has 0 heterocycles. The zero-order chi connectivity index (χ0) is 9.68. The molecule has 3 nitrogen and oxygen atoms in total. The SMILES string of the molecule is COCC(C)OC1CCCCC1N. The van der Waals surface area contributed by atoms with E-state index in [0.717, 1.165) is 12.8 Å². The van der Waals surface area contributed by atoms with Crippen LogP contribution in [0.1, 0.15) is 32.6 Å². The van der Waals surface area contributed by atoms with E-state index in [9.17, 15) is 0 Å². The number of ether oxygens (including phenoxy) is 2. The Kier molecular flexibility index (Phi) is 4.70. The zero-order valence-electron chi connectivity index (χ0n) is 8.66. The molecule has 0 radical (unpaired) electrons. The monoisotopic (exact) mass is 187 g/mol. The first kappa shape index (κ1) is 11.0. The summed E-state index contributed by atoms with van der Waals surface area (Å²) in [6.07, 6.45) is 5.12. The van der Waals surface area contributed by atoms with E-state index in [0.29, 0.717) is 6.61 Å². The molecule has 1 saturated carbocycles. The molecule has 0 amide bonds. The normalized spacial score (nSPS) is 31.6. The maximum Gasteiger partial charge on any atom is 0.0784 e. The molecular formula is C10H21NO2.